The number of carbonyl (C=O) groups is 1. The highest BCUT2D eigenvalue weighted by molar-refractivity contribution is 5.92. The first-order chi connectivity index (χ1) is 19.5. The van der Waals surface area contributed by atoms with E-state index in [-0.39, 0.29) is 12.0 Å². The number of rotatable bonds is 10. The highest BCUT2D eigenvalue weighted by atomic mass is 16.5. The Bertz CT molecular complexity index is 1270. The van der Waals surface area contributed by atoms with Gasteiger partial charge in [0.05, 0.1) is 25.2 Å². The smallest absolute Gasteiger partial charge is 0.227 e. The number of nitrogens with zero attached hydrogens (tertiary/aromatic N) is 5. The lowest BCUT2D eigenvalue weighted by Gasteiger charge is -2.36. The summed E-state index contributed by atoms with van der Waals surface area (Å²) in [6.07, 6.45) is 5.98. The van der Waals surface area contributed by atoms with E-state index in [0.29, 0.717) is 50.7 Å². The van der Waals surface area contributed by atoms with Crippen molar-refractivity contribution < 1.29 is 19.0 Å². The molecule has 2 fully saturated rings. The van der Waals surface area contributed by atoms with Crippen LogP contribution in [0.1, 0.15) is 38.7 Å². The van der Waals surface area contributed by atoms with Crippen LogP contribution in [0.2, 0.25) is 0 Å². The van der Waals surface area contributed by atoms with Gasteiger partial charge in [0.2, 0.25) is 5.91 Å². The molecule has 5 rings (SSSR count). The number of piperidine rings is 1. The molecule has 0 spiro atoms. The summed E-state index contributed by atoms with van der Waals surface area (Å²) in [6.45, 7) is 10.5. The fourth-order valence-electron chi connectivity index (χ4n) is 5.45. The van der Waals surface area contributed by atoms with Crippen LogP contribution < -0.4 is 19.1 Å². The predicted molar refractivity (Wildman–Crippen MR) is 157 cm³/mol. The van der Waals surface area contributed by atoms with Crippen LogP contribution >= 0.6 is 0 Å². The van der Waals surface area contributed by atoms with Gasteiger partial charge in [-0.2, -0.15) is 0 Å². The monoisotopic (exact) mass is 547 g/mol. The number of fused-ring (bicyclic) bond motifs is 1. The molecule has 1 amide bonds. The molecular formula is C31H41N5O4. The number of carbonyl (C=O) groups excluding carboxylic acids is 1. The van der Waals surface area contributed by atoms with Crippen LogP contribution in [0.3, 0.4) is 0 Å². The van der Waals surface area contributed by atoms with Gasteiger partial charge < -0.3 is 24.0 Å². The Morgan fingerprint density at radius 1 is 0.925 bits per heavy atom. The lowest BCUT2D eigenvalue weighted by molar-refractivity contribution is -0.130. The molecule has 0 atom stereocenters. The summed E-state index contributed by atoms with van der Waals surface area (Å²) < 4.78 is 17.5. The second-order valence-electron chi connectivity index (χ2n) is 10.8. The van der Waals surface area contributed by atoms with E-state index in [1.54, 1.807) is 13.4 Å². The van der Waals surface area contributed by atoms with Crippen LogP contribution in [-0.2, 0) is 11.2 Å². The zero-order valence-corrected chi connectivity index (χ0v) is 24.0. The van der Waals surface area contributed by atoms with Crippen LogP contribution in [0, 0.1) is 0 Å². The summed E-state index contributed by atoms with van der Waals surface area (Å²) in [5.41, 5.74) is 1.81. The first-order valence-corrected chi connectivity index (χ1v) is 14.5. The summed E-state index contributed by atoms with van der Waals surface area (Å²) in [5.74, 6) is 3.20. The SMILES string of the molecule is COc1cc2c(N3CCN(C(=O)Cc4ccc(OC(C)C)cc4)CC3)ncnc2cc1OCCN1CCCCC1. The summed E-state index contributed by atoms with van der Waals surface area (Å²) >= 11 is 0. The molecule has 9 heteroatoms. The van der Waals surface area contributed by atoms with Crippen molar-refractivity contribution in [1.29, 1.82) is 0 Å². The number of likely N-dealkylation sites (tertiary alicyclic amines) is 1. The Morgan fingerprint density at radius 2 is 1.68 bits per heavy atom. The Balaban J connectivity index is 1.20. The molecular weight excluding hydrogens is 506 g/mol. The summed E-state index contributed by atoms with van der Waals surface area (Å²) in [4.78, 5) is 28.8. The van der Waals surface area contributed by atoms with E-state index in [1.165, 1.54) is 19.3 Å². The van der Waals surface area contributed by atoms with Gasteiger partial charge in [0.15, 0.2) is 11.5 Å². The molecule has 2 saturated heterocycles. The largest absolute Gasteiger partial charge is 0.493 e. The molecule has 0 N–H and O–H groups in total. The van der Waals surface area contributed by atoms with Crippen molar-refractivity contribution in [3.8, 4) is 17.2 Å². The first-order valence-electron chi connectivity index (χ1n) is 14.5. The highest BCUT2D eigenvalue weighted by Crippen LogP contribution is 2.35. The number of hydrogen-bond donors (Lipinski definition) is 0. The zero-order valence-electron chi connectivity index (χ0n) is 24.0. The maximum Gasteiger partial charge on any atom is 0.227 e. The Kier molecular flexibility index (Phi) is 9.21. The normalized spacial score (nSPS) is 16.4. The molecule has 2 aromatic carbocycles. The fraction of sp³-hybridized carbons (Fsp3) is 0.516. The maximum absolute atomic E-state index is 13.0. The van der Waals surface area contributed by atoms with Crippen LogP contribution in [0.5, 0.6) is 17.2 Å². The molecule has 1 aromatic heterocycles. The van der Waals surface area contributed by atoms with E-state index in [0.717, 1.165) is 47.7 Å². The average Bonchev–Trinajstić information content (AvgIpc) is 2.98. The third-order valence-corrected chi connectivity index (χ3v) is 7.60. The average molecular weight is 548 g/mol. The summed E-state index contributed by atoms with van der Waals surface area (Å²) in [7, 11) is 1.66. The van der Waals surface area contributed by atoms with Crippen LogP contribution in [0.4, 0.5) is 5.82 Å². The molecule has 0 saturated carbocycles. The van der Waals surface area contributed by atoms with Gasteiger partial charge in [-0.15, -0.1) is 0 Å². The lowest BCUT2D eigenvalue weighted by atomic mass is 10.1. The van der Waals surface area contributed by atoms with Crippen molar-refractivity contribution in [3.63, 3.8) is 0 Å². The van der Waals surface area contributed by atoms with Gasteiger partial charge in [0.1, 0.15) is 24.5 Å². The van der Waals surface area contributed by atoms with Crippen molar-refractivity contribution in [2.75, 3.05) is 64.4 Å². The van der Waals surface area contributed by atoms with Crippen LogP contribution in [0.15, 0.2) is 42.7 Å². The van der Waals surface area contributed by atoms with Crippen molar-refractivity contribution in [2.45, 2.75) is 45.6 Å². The number of anilines is 1. The lowest BCUT2D eigenvalue weighted by Crippen LogP contribution is -2.49. The predicted octanol–water partition coefficient (Wildman–Crippen LogP) is 4.18. The number of hydrogen-bond acceptors (Lipinski definition) is 8. The van der Waals surface area contributed by atoms with Crippen molar-refractivity contribution >= 4 is 22.6 Å². The first kappa shape index (κ1) is 28.0. The number of piperazine rings is 1. The second kappa shape index (κ2) is 13.2. The maximum atomic E-state index is 13.0. The number of amides is 1. The Hall–Kier alpha value is -3.59. The van der Waals surface area contributed by atoms with E-state index in [1.807, 2.05) is 55.1 Å². The van der Waals surface area contributed by atoms with E-state index >= 15 is 0 Å². The quantitative estimate of drug-likeness (QED) is 0.374. The Morgan fingerprint density at radius 3 is 2.38 bits per heavy atom. The fourth-order valence-corrected chi connectivity index (χ4v) is 5.45. The highest BCUT2D eigenvalue weighted by Gasteiger charge is 2.24. The third kappa shape index (κ3) is 6.94. The molecule has 2 aliphatic heterocycles. The molecule has 2 aliphatic rings. The minimum atomic E-state index is 0.126. The Labute approximate surface area is 237 Å². The molecule has 0 aliphatic carbocycles. The van der Waals surface area contributed by atoms with Crippen LogP contribution in [-0.4, -0.2) is 91.3 Å². The topological polar surface area (TPSA) is 80.3 Å². The number of ether oxygens (including phenoxy) is 3. The van der Waals surface area contributed by atoms with E-state index in [2.05, 4.69) is 19.8 Å². The van der Waals surface area contributed by atoms with Gasteiger partial charge in [0.25, 0.3) is 0 Å². The summed E-state index contributed by atoms with van der Waals surface area (Å²) in [5, 5.41) is 0.922. The van der Waals surface area contributed by atoms with Gasteiger partial charge in [-0.1, -0.05) is 18.6 Å². The molecule has 214 valence electrons. The minimum absolute atomic E-state index is 0.126. The molecule has 0 bridgehead atoms. The standard InChI is InChI=1S/C31H41N5O4/c1-23(2)40-25-9-7-24(8-10-25)19-30(37)35-13-15-36(16-14-35)31-26-20-28(38-3)29(21-27(26)32-22-33-31)39-18-17-34-11-5-4-6-12-34/h7-10,20-23H,4-6,11-19H2,1-3H3. The van der Waals surface area contributed by atoms with Crippen LogP contribution in [0.25, 0.3) is 10.9 Å². The van der Waals surface area contributed by atoms with Gasteiger partial charge in [-0.3, -0.25) is 9.69 Å². The van der Waals surface area contributed by atoms with E-state index in [9.17, 15) is 4.79 Å². The molecule has 40 heavy (non-hydrogen) atoms. The second-order valence-corrected chi connectivity index (χ2v) is 10.8. The third-order valence-electron chi connectivity index (χ3n) is 7.60. The number of methoxy groups -OCH3 is 1. The number of aromatic nitrogens is 2. The van der Waals surface area contributed by atoms with Gasteiger partial charge in [0, 0.05) is 44.2 Å². The van der Waals surface area contributed by atoms with Crippen molar-refractivity contribution in [3.05, 3.63) is 48.3 Å². The van der Waals surface area contributed by atoms with Gasteiger partial charge in [-0.25, -0.2) is 9.97 Å². The molecule has 3 heterocycles. The van der Waals surface area contributed by atoms with Gasteiger partial charge >= 0.3 is 0 Å². The van der Waals surface area contributed by atoms with Gasteiger partial charge in [-0.05, 0) is 63.5 Å². The summed E-state index contributed by atoms with van der Waals surface area (Å²) in [6, 6.07) is 11.7. The van der Waals surface area contributed by atoms with E-state index < -0.39 is 0 Å². The zero-order chi connectivity index (χ0) is 27.9. The minimum Gasteiger partial charge on any atom is -0.493 e. The van der Waals surface area contributed by atoms with Crippen molar-refractivity contribution in [2.24, 2.45) is 0 Å². The van der Waals surface area contributed by atoms with Crippen molar-refractivity contribution in [1.82, 2.24) is 19.8 Å². The molecule has 0 radical (unpaired) electrons. The number of benzene rings is 2. The van der Waals surface area contributed by atoms with E-state index in [4.69, 9.17) is 14.2 Å². The molecule has 0 unspecified atom stereocenters. The molecule has 9 nitrogen and oxygen atoms in total. The molecule has 3 aromatic rings.